The molecule has 10 heteroatoms. The van der Waals surface area contributed by atoms with Crippen LogP contribution in [0.4, 0.5) is 37.8 Å². The minimum absolute atomic E-state index is 0.266. The quantitative estimate of drug-likeness (QED) is 0.563. The number of halogens is 6. The number of hydrogen-bond donors (Lipinski definition) is 1. The van der Waals surface area contributed by atoms with Gasteiger partial charge in [0.2, 0.25) is 0 Å². The zero-order chi connectivity index (χ0) is 20.4. The van der Waals surface area contributed by atoms with Crippen molar-refractivity contribution in [2.75, 3.05) is 5.32 Å². The Balaban J connectivity index is 1.75. The number of hydrogen-bond acceptors (Lipinski definition) is 4. The molecular weight excluding hydrogens is 388 g/mol. The third-order valence-corrected chi connectivity index (χ3v) is 3.56. The van der Waals surface area contributed by atoms with Gasteiger partial charge in [0.1, 0.15) is 5.75 Å². The molecule has 0 amide bonds. The molecule has 28 heavy (non-hydrogen) atoms. The third kappa shape index (κ3) is 5.12. The van der Waals surface area contributed by atoms with Gasteiger partial charge in [-0.15, -0.1) is 18.3 Å². The molecule has 0 fully saturated rings. The summed E-state index contributed by atoms with van der Waals surface area (Å²) < 4.78 is 78.2. The average Bonchev–Trinajstić information content (AvgIpc) is 2.62. The maximum atomic E-state index is 12.6. The van der Waals surface area contributed by atoms with Gasteiger partial charge >= 0.3 is 12.5 Å². The number of aromatic nitrogens is 2. The van der Waals surface area contributed by atoms with E-state index < -0.39 is 18.1 Å². The zero-order valence-corrected chi connectivity index (χ0v) is 13.8. The Morgan fingerprint density at radius 1 is 0.786 bits per heavy atom. The van der Waals surface area contributed by atoms with E-state index >= 15 is 0 Å². The van der Waals surface area contributed by atoms with Gasteiger partial charge in [-0.05, 0) is 48.0 Å². The first-order valence-electron chi connectivity index (χ1n) is 7.73. The van der Waals surface area contributed by atoms with Crippen molar-refractivity contribution in [3.8, 4) is 16.9 Å². The SMILES string of the molecule is FC(F)(F)Oc1ccc(Nc2cc(-c3ccc(C(F)(F)F)cc3)cnn2)cc1. The van der Waals surface area contributed by atoms with Gasteiger partial charge in [-0.3, -0.25) is 0 Å². The first-order chi connectivity index (χ1) is 13.1. The van der Waals surface area contributed by atoms with Gasteiger partial charge in [0.15, 0.2) is 5.82 Å². The van der Waals surface area contributed by atoms with Gasteiger partial charge < -0.3 is 10.1 Å². The van der Waals surface area contributed by atoms with Gasteiger partial charge in [0.25, 0.3) is 0 Å². The molecule has 0 saturated heterocycles. The highest BCUT2D eigenvalue weighted by Crippen LogP contribution is 2.31. The summed E-state index contributed by atoms with van der Waals surface area (Å²) in [6, 6.07) is 11.1. The maximum absolute atomic E-state index is 12.6. The molecule has 0 radical (unpaired) electrons. The number of ether oxygens (including phenoxy) is 1. The molecule has 0 atom stereocenters. The lowest BCUT2D eigenvalue weighted by Crippen LogP contribution is -2.16. The highest BCUT2D eigenvalue weighted by molar-refractivity contribution is 5.68. The van der Waals surface area contributed by atoms with Crippen molar-refractivity contribution < 1.29 is 31.1 Å². The van der Waals surface area contributed by atoms with Crippen LogP contribution in [0.1, 0.15) is 5.56 Å². The molecule has 0 aliphatic carbocycles. The predicted molar refractivity (Wildman–Crippen MR) is 88.9 cm³/mol. The van der Waals surface area contributed by atoms with Crippen LogP contribution < -0.4 is 10.1 Å². The lowest BCUT2D eigenvalue weighted by Gasteiger charge is -2.11. The third-order valence-electron chi connectivity index (χ3n) is 3.56. The summed E-state index contributed by atoms with van der Waals surface area (Å²) in [4.78, 5) is 0. The van der Waals surface area contributed by atoms with E-state index in [1.165, 1.54) is 30.5 Å². The fraction of sp³-hybridized carbons (Fsp3) is 0.111. The molecule has 0 bridgehead atoms. The van der Waals surface area contributed by atoms with Gasteiger partial charge in [-0.25, -0.2) is 0 Å². The van der Waals surface area contributed by atoms with E-state index in [0.29, 0.717) is 16.8 Å². The number of anilines is 2. The van der Waals surface area contributed by atoms with E-state index in [0.717, 1.165) is 24.3 Å². The van der Waals surface area contributed by atoms with E-state index in [4.69, 9.17) is 0 Å². The number of alkyl halides is 6. The fourth-order valence-electron chi connectivity index (χ4n) is 2.33. The van der Waals surface area contributed by atoms with Crippen LogP contribution in [0.3, 0.4) is 0 Å². The summed E-state index contributed by atoms with van der Waals surface area (Å²) in [6.07, 6.45) is -7.83. The van der Waals surface area contributed by atoms with Crippen LogP contribution in [0.25, 0.3) is 11.1 Å². The molecule has 0 saturated carbocycles. The second-order valence-corrected chi connectivity index (χ2v) is 5.60. The van der Waals surface area contributed by atoms with Gasteiger partial charge in [-0.1, -0.05) is 12.1 Å². The van der Waals surface area contributed by atoms with Gasteiger partial charge in [0, 0.05) is 11.3 Å². The minimum Gasteiger partial charge on any atom is -0.406 e. The normalized spacial score (nSPS) is 11.9. The molecule has 4 nitrogen and oxygen atoms in total. The highest BCUT2D eigenvalue weighted by Gasteiger charge is 2.31. The monoisotopic (exact) mass is 399 g/mol. The van der Waals surface area contributed by atoms with E-state index in [-0.39, 0.29) is 11.6 Å². The Morgan fingerprint density at radius 3 is 2.00 bits per heavy atom. The van der Waals surface area contributed by atoms with Crippen molar-refractivity contribution in [1.29, 1.82) is 0 Å². The van der Waals surface area contributed by atoms with Crippen molar-refractivity contribution >= 4 is 11.5 Å². The van der Waals surface area contributed by atoms with Crippen molar-refractivity contribution in [3.05, 3.63) is 66.4 Å². The van der Waals surface area contributed by atoms with Crippen LogP contribution in [0, 0.1) is 0 Å². The van der Waals surface area contributed by atoms with Gasteiger partial charge in [0.05, 0.1) is 11.8 Å². The molecule has 1 heterocycles. The number of rotatable bonds is 4. The molecule has 1 aromatic heterocycles. The summed E-state index contributed by atoms with van der Waals surface area (Å²) in [7, 11) is 0. The lowest BCUT2D eigenvalue weighted by atomic mass is 10.1. The molecule has 0 unspecified atom stereocenters. The lowest BCUT2D eigenvalue weighted by molar-refractivity contribution is -0.274. The largest absolute Gasteiger partial charge is 0.573 e. The first kappa shape index (κ1) is 19.5. The number of nitrogens with one attached hydrogen (secondary N) is 1. The van der Waals surface area contributed by atoms with Crippen LogP contribution in [0.15, 0.2) is 60.8 Å². The standard InChI is InChI=1S/C18H11F6N3O/c19-17(20,21)13-3-1-11(2-4-13)12-9-16(27-25-10-12)26-14-5-7-15(8-6-14)28-18(22,23)24/h1-10H,(H,26,27). The van der Waals surface area contributed by atoms with E-state index in [2.05, 4.69) is 20.3 Å². The molecule has 1 N–H and O–H groups in total. The molecule has 146 valence electrons. The van der Waals surface area contributed by atoms with Crippen LogP contribution in [0.5, 0.6) is 5.75 Å². The molecule has 2 aromatic carbocycles. The van der Waals surface area contributed by atoms with E-state index in [9.17, 15) is 26.3 Å². The smallest absolute Gasteiger partial charge is 0.406 e. The van der Waals surface area contributed by atoms with Crippen molar-refractivity contribution in [2.24, 2.45) is 0 Å². The number of nitrogens with zero attached hydrogens (tertiary/aromatic N) is 2. The molecule has 0 aliphatic heterocycles. The maximum Gasteiger partial charge on any atom is 0.573 e. The first-order valence-corrected chi connectivity index (χ1v) is 7.73. The second-order valence-electron chi connectivity index (χ2n) is 5.60. The second kappa shape index (κ2) is 7.37. The summed E-state index contributed by atoms with van der Waals surface area (Å²) >= 11 is 0. The van der Waals surface area contributed by atoms with Crippen molar-refractivity contribution in [3.63, 3.8) is 0 Å². The van der Waals surface area contributed by atoms with Gasteiger partial charge in [-0.2, -0.15) is 18.3 Å². The van der Waals surface area contributed by atoms with Crippen LogP contribution in [-0.4, -0.2) is 16.6 Å². The summed E-state index contributed by atoms with van der Waals surface area (Å²) in [5.74, 6) is -0.107. The molecule has 0 spiro atoms. The Labute approximate surface area is 154 Å². The summed E-state index contributed by atoms with van der Waals surface area (Å²) in [6.45, 7) is 0. The molecule has 0 aliphatic rings. The number of benzene rings is 2. The van der Waals surface area contributed by atoms with E-state index in [1.54, 1.807) is 6.07 Å². The molecule has 3 aromatic rings. The predicted octanol–water partition coefficient (Wildman–Crippen LogP) is 5.80. The van der Waals surface area contributed by atoms with Crippen LogP contribution in [-0.2, 0) is 6.18 Å². The zero-order valence-electron chi connectivity index (χ0n) is 13.8. The highest BCUT2D eigenvalue weighted by atomic mass is 19.4. The fourth-order valence-corrected chi connectivity index (χ4v) is 2.33. The summed E-state index contributed by atoms with van der Waals surface area (Å²) in [5.41, 5.74) is 0.675. The Hall–Kier alpha value is -3.30. The minimum atomic E-state index is -4.78. The summed E-state index contributed by atoms with van der Waals surface area (Å²) in [5, 5.41) is 10.5. The van der Waals surface area contributed by atoms with E-state index in [1.807, 2.05) is 0 Å². The Morgan fingerprint density at radius 2 is 1.43 bits per heavy atom. The topological polar surface area (TPSA) is 47.0 Å². The molecular formula is C18H11F6N3O. The average molecular weight is 399 g/mol. The van der Waals surface area contributed by atoms with Crippen LogP contribution in [0.2, 0.25) is 0 Å². The Kier molecular flexibility index (Phi) is 5.12. The van der Waals surface area contributed by atoms with Crippen molar-refractivity contribution in [1.82, 2.24) is 10.2 Å². The van der Waals surface area contributed by atoms with Crippen molar-refractivity contribution in [2.45, 2.75) is 12.5 Å². The Bertz CT molecular complexity index is 937. The van der Waals surface area contributed by atoms with Crippen LogP contribution >= 0.6 is 0 Å². The molecule has 3 rings (SSSR count).